The van der Waals surface area contributed by atoms with E-state index in [1.807, 2.05) is 24.4 Å². The fraction of sp³-hybridized carbons (Fsp3) is 0.296. The van der Waals surface area contributed by atoms with E-state index in [-0.39, 0.29) is 24.3 Å². The zero-order valence-electron chi connectivity index (χ0n) is 19.0. The molecule has 2 aliphatic rings. The molecule has 0 bridgehead atoms. The molecule has 6 heteroatoms. The summed E-state index contributed by atoms with van der Waals surface area (Å²) in [5.41, 5.74) is 13.2. The lowest BCUT2D eigenvalue weighted by Gasteiger charge is -2.37. The number of amides is 2. The summed E-state index contributed by atoms with van der Waals surface area (Å²) in [5, 5.41) is 0. The molecule has 0 atom stereocenters. The minimum Gasteiger partial charge on any atom is -0.369 e. The van der Waals surface area contributed by atoms with Crippen LogP contribution in [0.1, 0.15) is 39.9 Å². The molecule has 1 fully saturated rings. The highest BCUT2D eigenvalue weighted by molar-refractivity contribution is 6.26. The number of aryl methyl sites for hydroxylation is 2. The van der Waals surface area contributed by atoms with E-state index in [0.717, 1.165) is 59.4 Å². The van der Waals surface area contributed by atoms with Crippen molar-refractivity contribution < 1.29 is 9.59 Å². The van der Waals surface area contributed by atoms with Crippen LogP contribution in [0.25, 0.3) is 11.1 Å². The molecule has 168 valence electrons. The molecule has 0 unspecified atom stereocenters. The molecule has 3 heterocycles. The van der Waals surface area contributed by atoms with Gasteiger partial charge in [-0.05, 0) is 43.9 Å². The maximum atomic E-state index is 13.5. The van der Waals surface area contributed by atoms with Crippen molar-refractivity contribution >= 4 is 23.2 Å². The fourth-order valence-corrected chi connectivity index (χ4v) is 5.01. The summed E-state index contributed by atoms with van der Waals surface area (Å²) in [6.07, 6.45) is 5.41. The number of nitrogens with zero attached hydrogens (tertiary/aromatic N) is 3. The third kappa shape index (κ3) is 3.91. The van der Waals surface area contributed by atoms with Crippen LogP contribution in [0.15, 0.2) is 54.9 Å². The maximum Gasteiger partial charge on any atom is 0.265 e. The lowest BCUT2D eigenvalue weighted by atomic mass is 9.95. The maximum absolute atomic E-state index is 13.5. The SMILES string of the molecule is Cc1cc(C)cc(-c2cncc(N3C(=O)Cc4ccccc4C3=O)c2N2CCC(N)CC2)c1. The van der Waals surface area contributed by atoms with Crippen molar-refractivity contribution in [1.29, 1.82) is 0 Å². The summed E-state index contributed by atoms with van der Waals surface area (Å²) in [6, 6.07) is 13.9. The first-order chi connectivity index (χ1) is 15.9. The number of carbonyl (C=O) groups is 2. The minimum atomic E-state index is -0.295. The summed E-state index contributed by atoms with van der Waals surface area (Å²) >= 11 is 0. The Morgan fingerprint density at radius 3 is 2.36 bits per heavy atom. The Bertz CT molecular complexity index is 1220. The monoisotopic (exact) mass is 440 g/mol. The first-order valence-electron chi connectivity index (χ1n) is 11.4. The summed E-state index contributed by atoms with van der Waals surface area (Å²) in [5.74, 6) is -0.524. The van der Waals surface area contributed by atoms with Crippen LogP contribution in [0.5, 0.6) is 0 Å². The van der Waals surface area contributed by atoms with Gasteiger partial charge in [-0.25, -0.2) is 4.90 Å². The molecule has 2 aromatic carbocycles. The van der Waals surface area contributed by atoms with Crippen molar-refractivity contribution in [2.45, 2.75) is 39.2 Å². The number of anilines is 2. The van der Waals surface area contributed by atoms with Gasteiger partial charge in [0.1, 0.15) is 0 Å². The molecule has 0 spiro atoms. The van der Waals surface area contributed by atoms with Crippen molar-refractivity contribution in [3.63, 3.8) is 0 Å². The summed E-state index contributed by atoms with van der Waals surface area (Å²) in [7, 11) is 0. The van der Waals surface area contributed by atoms with E-state index in [4.69, 9.17) is 5.73 Å². The van der Waals surface area contributed by atoms with Gasteiger partial charge in [-0.3, -0.25) is 14.6 Å². The Balaban J connectivity index is 1.69. The Labute approximate surface area is 194 Å². The Morgan fingerprint density at radius 1 is 0.939 bits per heavy atom. The largest absolute Gasteiger partial charge is 0.369 e. The number of rotatable bonds is 3. The molecule has 2 N–H and O–H groups in total. The first kappa shape index (κ1) is 21.3. The molecule has 1 saturated heterocycles. The number of piperidine rings is 1. The molecule has 0 radical (unpaired) electrons. The quantitative estimate of drug-likeness (QED) is 0.622. The Hall–Kier alpha value is -3.51. The van der Waals surface area contributed by atoms with E-state index in [9.17, 15) is 9.59 Å². The zero-order chi connectivity index (χ0) is 23.1. The second-order valence-electron chi connectivity index (χ2n) is 9.12. The van der Waals surface area contributed by atoms with Crippen LogP contribution in [-0.4, -0.2) is 35.9 Å². The van der Waals surface area contributed by atoms with E-state index < -0.39 is 0 Å². The summed E-state index contributed by atoms with van der Waals surface area (Å²) in [6.45, 7) is 5.68. The molecule has 6 nitrogen and oxygen atoms in total. The lowest BCUT2D eigenvalue weighted by Crippen LogP contribution is -2.45. The van der Waals surface area contributed by atoms with Crippen molar-refractivity contribution in [2.24, 2.45) is 5.73 Å². The molecule has 0 aliphatic carbocycles. The van der Waals surface area contributed by atoms with Gasteiger partial charge in [-0.15, -0.1) is 0 Å². The van der Waals surface area contributed by atoms with Crippen LogP contribution in [-0.2, 0) is 11.2 Å². The third-order valence-electron chi connectivity index (χ3n) is 6.57. The van der Waals surface area contributed by atoms with Crippen LogP contribution in [0.2, 0.25) is 0 Å². The molecule has 5 rings (SSSR count). The molecule has 2 amide bonds. The van der Waals surface area contributed by atoms with Crippen molar-refractivity contribution in [2.75, 3.05) is 22.9 Å². The Morgan fingerprint density at radius 2 is 1.64 bits per heavy atom. The first-order valence-corrected chi connectivity index (χ1v) is 11.4. The van der Waals surface area contributed by atoms with Gasteiger partial charge in [-0.2, -0.15) is 0 Å². The van der Waals surface area contributed by atoms with Gasteiger partial charge < -0.3 is 10.6 Å². The van der Waals surface area contributed by atoms with Gasteiger partial charge in [0.05, 0.1) is 24.0 Å². The molecular formula is C27H28N4O2. The number of hydrogen-bond acceptors (Lipinski definition) is 5. The van der Waals surface area contributed by atoms with E-state index in [1.54, 1.807) is 12.3 Å². The predicted molar refractivity (Wildman–Crippen MR) is 131 cm³/mol. The lowest BCUT2D eigenvalue weighted by molar-refractivity contribution is -0.117. The average Bonchev–Trinajstić information content (AvgIpc) is 2.79. The predicted octanol–water partition coefficient (Wildman–Crippen LogP) is 4.02. The molecule has 1 aromatic heterocycles. The second-order valence-corrected chi connectivity index (χ2v) is 9.12. The number of nitrogens with two attached hydrogens (primary N) is 1. The smallest absolute Gasteiger partial charge is 0.265 e. The van der Waals surface area contributed by atoms with E-state index >= 15 is 0 Å². The number of imide groups is 1. The number of aromatic nitrogens is 1. The molecule has 2 aliphatic heterocycles. The molecular weight excluding hydrogens is 412 g/mol. The highest BCUT2D eigenvalue weighted by Crippen LogP contribution is 2.41. The Kier molecular flexibility index (Phi) is 5.46. The van der Waals surface area contributed by atoms with Gasteiger partial charge in [0.25, 0.3) is 5.91 Å². The third-order valence-corrected chi connectivity index (χ3v) is 6.57. The van der Waals surface area contributed by atoms with E-state index in [2.05, 4.69) is 41.9 Å². The number of fused-ring (bicyclic) bond motifs is 1. The molecule has 33 heavy (non-hydrogen) atoms. The number of benzene rings is 2. The van der Waals surface area contributed by atoms with Gasteiger partial charge in [-0.1, -0.05) is 47.5 Å². The topological polar surface area (TPSA) is 79.5 Å². The molecule has 0 saturated carbocycles. The van der Waals surface area contributed by atoms with Crippen LogP contribution < -0.4 is 15.5 Å². The highest BCUT2D eigenvalue weighted by Gasteiger charge is 2.35. The normalized spacial score (nSPS) is 16.8. The van der Waals surface area contributed by atoms with Gasteiger partial charge in [0.15, 0.2) is 0 Å². The van der Waals surface area contributed by atoms with Crippen molar-refractivity contribution in [3.8, 4) is 11.1 Å². The van der Waals surface area contributed by atoms with Crippen LogP contribution in [0.4, 0.5) is 11.4 Å². The zero-order valence-corrected chi connectivity index (χ0v) is 19.0. The fourth-order valence-electron chi connectivity index (χ4n) is 5.01. The van der Waals surface area contributed by atoms with Crippen molar-refractivity contribution in [1.82, 2.24) is 4.98 Å². The van der Waals surface area contributed by atoms with Crippen LogP contribution in [0.3, 0.4) is 0 Å². The van der Waals surface area contributed by atoms with Crippen molar-refractivity contribution in [3.05, 3.63) is 77.1 Å². The van der Waals surface area contributed by atoms with Crippen LogP contribution >= 0.6 is 0 Å². The summed E-state index contributed by atoms with van der Waals surface area (Å²) in [4.78, 5) is 34.8. The van der Waals surface area contributed by atoms with Gasteiger partial charge in [0, 0.05) is 36.5 Å². The van der Waals surface area contributed by atoms with Crippen LogP contribution in [0, 0.1) is 13.8 Å². The standard InChI is InChI=1S/C27H28N4O2/c1-17-11-18(2)13-20(12-17)23-15-29-16-24(26(23)30-9-7-21(28)8-10-30)31-25(32)14-19-5-3-4-6-22(19)27(31)33/h3-6,11-13,15-16,21H,7-10,14,28H2,1-2H3. The van der Waals surface area contributed by atoms with Gasteiger partial charge >= 0.3 is 0 Å². The van der Waals surface area contributed by atoms with E-state index in [0.29, 0.717) is 11.3 Å². The minimum absolute atomic E-state index is 0.168. The highest BCUT2D eigenvalue weighted by atomic mass is 16.2. The number of hydrogen-bond donors (Lipinski definition) is 1. The average molecular weight is 441 g/mol. The number of carbonyl (C=O) groups excluding carboxylic acids is 2. The number of pyridine rings is 1. The van der Waals surface area contributed by atoms with Gasteiger partial charge in [0.2, 0.25) is 5.91 Å². The van der Waals surface area contributed by atoms with E-state index in [1.165, 1.54) is 4.90 Å². The molecule has 3 aromatic rings. The summed E-state index contributed by atoms with van der Waals surface area (Å²) < 4.78 is 0. The second kappa shape index (κ2) is 8.45.